The maximum Gasteiger partial charge on any atom is 0.271 e. The number of nitriles is 1. The Balaban J connectivity index is 2.39. The van der Waals surface area contributed by atoms with Crippen molar-refractivity contribution in [3.05, 3.63) is 51.3 Å². The van der Waals surface area contributed by atoms with E-state index >= 15 is 0 Å². The van der Waals surface area contributed by atoms with Gasteiger partial charge in [-0.25, -0.2) is 0 Å². The lowest BCUT2D eigenvalue weighted by molar-refractivity contribution is 0.0773. The van der Waals surface area contributed by atoms with Gasteiger partial charge in [0.15, 0.2) is 5.69 Å². The van der Waals surface area contributed by atoms with Gasteiger partial charge in [0, 0.05) is 30.8 Å². The molecule has 1 amide bonds. The van der Waals surface area contributed by atoms with Gasteiger partial charge in [0.1, 0.15) is 11.6 Å². The average Bonchev–Trinajstić information content (AvgIpc) is 2.75. The minimum absolute atomic E-state index is 0.0568. The van der Waals surface area contributed by atoms with E-state index in [1.54, 1.807) is 36.1 Å². The topological polar surface area (TPSA) is 111 Å². The molecule has 8 nitrogen and oxygen atoms in total. The van der Waals surface area contributed by atoms with Crippen LogP contribution >= 0.6 is 0 Å². The summed E-state index contributed by atoms with van der Waals surface area (Å²) in [5.41, 5.74) is 0.818. The molecule has 0 aliphatic carbocycles. The molecule has 1 aromatic heterocycles. The van der Waals surface area contributed by atoms with Crippen LogP contribution in [-0.2, 0) is 6.54 Å². The number of pyridine rings is 1. The number of hydrogen-bond acceptors (Lipinski definition) is 6. The summed E-state index contributed by atoms with van der Waals surface area (Å²) in [5, 5.41) is 28.2. The van der Waals surface area contributed by atoms with E-state index in [0.717, 1.165) is 11.0 Å². The van der Waals surface area contributed by atoms with E-state index in [1.165, 1.54) is 0 Å². The SMILES string of the molecule is CCCCn1c(O)c(/N=N/c2ccc(C(=O)N(CC)CC)cc2)c(C)c(C#N)c1=O. The van der Waals surface area contributed by atoms with Gasteiger partial charge in [0.2, 0.25) is 5.88 Å². The van der Waals surface area contributed by atoms with Crippen LogP contribution in [-0.4, -0.2) is 33.6 Å². The van der Waals surface area contributed by atoms with E-state index in [0.29, 0.717) is 37.3 Å². The number of aromatic hydroxyl groups is 1. The van der Waals surface area contributed by atoms with Gasteiger partial charge in [-0.05, 0) is 51.5 Å². The molecule has 0 spiro atoms. The summed E-state index contributed by atoms with van der Waals surface area (Å²) in [7, 11) is 0. The Morgan fingerprint density at radius 3 is 2.33 bits per heavy atom. The summed E-state index contributed by atoms with van der Waals surface area (Å²) in [5.74, 6) is -0.360. The first-order valence-electron chi connectivity index (χ1n) is 10.1. The van der Waals surface area contributed by atoms with Crippen molar-refractivity contribution in [2.45, 2.75) is 47.1 Å². The summed E-state index contributed by atoms with van der Waals surface area (Å²) in [6, 6.07) is 8.56. The number of aromatic nitrogens is 1. The van der Waals surface area contributed by atoms with Crippen molar-refractivity contribution in [1.29, 1.82) is 5.26 Å². The minimum Gasteiger partial charge on any atom is -0.493 e. The molecule has 0 unspecified atom stereocenters. The molecular weight excluding hydrogens is 382 g/mol. The number of carbonyl (C=O) groups excluding carboxylic acids is 1. The second-order valence-electron chi connectivity index (χ2n) is 6.82. The zero-order valence-corrected chi connectivity index (χ0v) is 17.8. The fourth-order valence-corrected chi connectivity index (χ4v) is 3.05. The highest BCUT2D eigenvalue weighted by Gasteiger charge is 2.19. The van der Waals surface area contributed by atoms with Crippen LogP contribution in [0.2, 0.25) is 0 Å². The second-order valence-corrected chi connectivity index (χ2v) is 6.82. The lowest BCUT2D eigenvalue weighted by Crippen LogP contribution is -2.30. The Morgan fingerprint density at radius 1 is 1.17 bits per heavy atom. The zero-order valence-electron chi connectivity index (χ0n) is 17.8. The molecule has 0 aliphatic rings. The van der Waals surface area contributed by atoms with Crippen molar-refractivity contribution in [2.75, 3.05) is 13.1 Å². The first-order valence-corrected chi connectivity index (χ1v) is 10.1. The number of nitrogens with zero attached hydrogens (tertiary/aromatic N) is 5. The number of benzene rings is 1. The van der Waals surface area contributed by atoms with Crippen molar-refractivity contribution in [3.8, 4) is 11.9 Å². The molecule has 0 fully saturated rings. The molecule has 0 saturated heterocycles. The van der Waals surface area contributed by atoms with Crippen LogP contribution in [0.3, 0.4) is 0 Å². The second kappa shape index (κ2) is 10.3. The number of carbonyl (C=O) groups is 1. The molecule has 1 aromatic carbocycles. The van der Waals surface area contributed by atoms with Crippen molar-refractivity contribution in [3.63, 3.8) is 0 Å². The molecule has 2 aromatic rings. The van der Waals surface area contributed by atoms with Crippen LogP contribution in [0.15, 0.2) is 39.3 Å². The van der Waals surface area contributed by atoms with Crippen LogP contribution in [0.25, 0.3) is 0 Å². The highest BCUT2D eigenvalue weighted by molar-refractivity contribution is 5.94. The molecule has 0 atom stereocenters. The van der Waals surface area contributed by atoms with E-state index in [4.69, 9.17) is 0 Å². The van der Waals surface area contributed by atoms with Gasteiger partial charge in [0.25, 0.3) is 11.5 Å². The van der Waals surface area contributed by atoms with E-state index < -0.39 is 5.56 Å². The highest BCUT2D eigenvalue weighted by Crippen LogP contribution is 2.32. The number of hydrogen-bond donors (Lipinski definition) is 1. The average molecular weight is 409 g/mol. The molecule has 0 bridgehead atoms. The third-order valence-corrected chi connectivity index (χ3v) is 4.93. The Bertz CT molecular complexity index is 1030. The summed E-state index contributed by atoms with van der Waals surface area (Å²) in [6.45, 7) is 8.93. The lowest BCUT2D eigenvalue weighted by Gasteiger charge is -2.18. The zero-order chi connectivity index (χ0) is 22.3. The van der Waals surface area contributed by atoms with Crippen LogP contribution in [0.5, 0.6) is 5.88 Å². The molecule has 0 aliphatic heterocycles. The minimum atomic E-state index is -0.529. The summed E-state index contributed by atoms with van der Waals surface area (Å²) >= 11 is 0. The maximum absolute atomic E-state index is 12.5. The number of unbranched alkanes of at least 4 members (excludes halogenated alkanes) is 1. The van der Waals surface area contributed by atoms with Crippen molar-refractivity contribution in [1.82, 2.24) is 9.47 Å². The predicted molar refractivity (Wildman–Crippen MR) is 115 cm³/mol. The van der Waals surface area contributed by atoms with Crippen LogP contribution in [0.4, 0.5) is 11.4 Å². The quantitative estimate of drug-likeness (QED) is 0.650. The van der Waals surface area contributed by atoms with Gasteiger partial charge in [-0.2, -0.15) is 10.4 Å². The summed E-state index contributed by atoms with van der Waals surface area (Å²) in [4.78, 5) is 26.6. The first kappa shape index (κ1) is 22.8. The van der Waals surface area contributed by atoms with Gasteiger partial charge >= 0.3 is 0 Å². The molecule has 158 valence electrons. The molecule has 0 saturated carbocycles. The highest BCUT2D eigenvalue weighted by atomic mass is 16.3. The van der Waals surface area contributed by atoms with Gasteiger partial charge in [-0.3, -0.25) is 14.2 Å². The molecule has 0 radical (unpaired) electrons. The molecule has 30 heavy (non-hydrogen) atoms. The molecule has 2 rings (SSSR count). The monoisotopic (exact) mass is 409 g/mol. The van der Waals surface area contributed by atoms with E-state index in [9.17, 15) is 20.0 Å². The van der Waals surface area contributed by atoms with E-state index in [-0.39, 0.29) is 28.6 Å². The Hall–Kier alpha value is -3.47. The number of amides is 1. The van der Waals surface area contributed by atoms with Crippen molar-refractivity contribution >= 4 is 17.3 Å². The number of rotatable bonds is 8. The largest absolute Gasteiger partial charge is 0.493 e. The van der Waals surface area contributed by atoms with Gasteiger partial charge in [0.05, 0.1) is 5.69 Å². The van der Waals surface area contributed by atoms with Gasteiger partial charge in [-0.1, -0.05) is 13.3 Å². The van der Waals surface area contributed by atoms with Crippen molar-refractivity contribution < 1.29 is 9.90 Å². The lowest BCUT2D eigenvalue weighted by atomic mass is 10.1. The van der Waals surface area contributed by atoms with Crippen molar-refractivity contribution in [2.24, 2.45) is 10.2 Å². The van der Waals surface area contributed by atoms with Crippen LogP contribution in [0.1, 0.15) is 55.1 Å². The van der Waals surface area contributed by atoms with Gasteiger partial charge < -0.3 is 10.0 Å². The third kappa shape index (κ3) is 4.74. The Labute approximate surface area is 176 Å². The smallest absolute Gasteiger partial charge is 0.271 e. The molecular formula is C22H27N5O3. The summed E-state index contributed by atoms with van der Waals surface area (Å²) < 4.78 is 1.16. The molecule has 1 heterocycles. The molecule has 8 heteroatoms. The summed E-state index contributed by atoms with van der Waals surface area (Å²) in [6.07, 6.45) is 1.51. The normalized spacial score (nSPS) is 10.9. The standard InChI is InChI=1S/C22H27N5O3/c1-5-8-13-27-21(29)18(14-23)15(4)19(22(27)30)25-24-17-11-9-16(10-12-17)20(28)26(6-2)7-3/h9-12,30H,5-8,13H2,1-4H3/b25-24+. The predicted octanol–water partition coefficient (Wildman–Crippen LogP) is 4.43. The fraction of sp³-hybridized carbons (Fsp3) is 0.409. The van der Waals surface area contributed by atoms with Gasteiger partial charge in [-0.15, -0.1) is 5.11 Å². The Morgan fingerprint density at radius 2 is 1.80 bits per heavy atom. The Kier molecular flexibility index (Phi) is 7.87. The van der Waals surface area contributed by atoms with Crippen LogP contribution in [0, 0.1) is 18.3 Å². The first-order chi connectivity index (χ1) is 14.4. The molecule has 1 N–H and O–H groups in total. The maximum atomic E-state index is 12.5. The fourth-order valence-electron chi connectivity index (χ4n) is 3.05. The number of azo groups is 1. The third-order valence-electron chi connectivity index (χ3n) is 4.93. The van der Waals surface area contributed by atoms with E-state index in [2.05, 4.69) is 10.2 Å². The van der Waals surface area contributed by atoms with Crippen LogP contribution < -0.4 is 5.56 Å². The van der Waals surface area contributed by atoms with E-state index in [1.807, 2.05) is 26.8 Å².